The van der Waals surface area contributed by atoms with E-state index in [1.807, 2.05) is 12.1 Å². The van der Waals surface area contributed by atoms with Crippen molar-refractivity contribution in [1.29, 1.82) is 0 Å². The van der Waals surface area contributed by atoms with Gasteiger partial charge in [-0.3, -0.25) is 9.55 Å². The molecule has 4 rings (SSSR count). The van der Waals surface area contributed by atoms with Gasteiger partial charge in [0.1, 0.15) is 0 Å². The van der Waals surface area contributed by atoms with Gasteiger partial charge in [-0.15, -0.1) is 11.8 Å². The zero-order chi connectivity index (χ0) is 17.6. The van der Waals surface area contributed by atoms with E-state index in [0.717, 1.165) is 17.7 Å². The molecule has 0 saturated heterocycles. The number of aryl methyl sites for hydroxylation is 1. The summed E-state index contributed by atoms with van der Waals surface area (Å²) >= 11 is 1.35. The Hall–Kier alpha value is -2.35. The Morgan fingerprint density at radius 2 is 1.96 bits per heavy atom. The molecule has 0 radical (unpaired) electrons. The van der Waals surface area contributed by atoms with Gasteiger partial charge in [-0.25, -0.2) is 9.78 Å². The molecule has 3 heterocycles. The third-order valence-electron chi connectivity index (χ3n) is 4.21. The molecule has 0 bridgehead atoms. The first-order valence-corrected chi connectivity index (χ1v) is 8.49. The first kappa shape index (κ1) is 16.1. The minimum atomic E-state index is -4.45. The topological polar surface area (TPSA) is 47.8 Å². The summed E-state index contributed by atoms with van der Waals surface area (Å²) in [5, 5.41) is 0.265. The van der Waals surface area contributed by atoms with Gasteiger partial charge in [-0.2, -0.15) is 13.2 Å². The molecule has 128 valence electrons. The number of aromatic nitrogens is 3. The number of hydrogen-bond acceptors (Lipinski definition) is 4. The van der Waals surface area contributed by atoms with E-state index in [0.29, 0.717) is 28.8 Å². The lowest BCUT2D eigenvalue weighted by Gasteiger charge is -2.15. The molecule has 3 aromatic rings. The summed E-state index contributed by atoms with van der Waals surface area (Å²) in [5.41, 5.74) is 0.322. The van der Waals surface area contributed by atoms with Crippen LogP contribution in [-0.2, 0) is 12.7 Å². The Morgan fingerprint density at radius 3 is 2.68 bits per heavy atom. The van der Waals surface area contributed by atoms with Gasteiger partial charge in [0, 0.05) is 40.7 Å². The van der Waals surface area contributed by atoms with E-state index in [-0.39, 0.29) is 5.25 Å². The van der Waals surface area contributed by atoms with E-state index >= 15 is 0 Å². The van der Waals surface area contributed by atoms with Crippen molar-refractivity contribution in [3.63, 3.8) is 0 Å². The molecule has 1 aliphatic heterocycles. The number of rotatable bonds is 1. The highest BCUT2D eigenvalue weighted by molar-refractivity contribution is 7.99. The van der Waals surface area contributed by atoms with Gasteiger partial charge in [0.15, 0.2) is 0 Å². The van der Waals surface area contributed by atoms with Crippen LogP contribution < -0.4 is 5.69 Å². The Labute approximate surface area is 144 Å². The predicted octanol–water partition coefficient (Wildman–Crippen LogP) is 4.05. The van der Waals surface area contributed by atoms with E-state index in [1.165, 1.54) is 22.5 Å². The second-order valence-electron chi connectivity index (χ2n) is 5.78. The molecule has 8 heteroatoms. The largest absolute Gasteiger partial charge is 0.416 e. The van der Waals surface area contributed by atoms with Crippen LogP contribution in [0.5, 0.6) is 0 Å². The van der Waals surface area contributed by atoms with Crippen LogP contribution in [0.1, 0.15) is 22.8 Å². The van der Waals surface area contributed by atoms with Crippen LogP contribution in [0.25, 0.3) is 10.9 Å². The van der Waals surface area contributed by atoms with Crippen LogP contribution in [0, 0.1) is 0 Å². The Bertz CT molecular complexity index is 1000. The molecule has 2 aromatic heterocycles. The maximum Gasteiger partial charge on any atom is 0.416 e. The van der Waals surface area contributed by atoms with Gasteiger partial charge in [0.25, 0.3) is 0 Å². The average Bonchev–Trinajstić information content (AvgIpc) is 2.79. The van der Waals surface area contributed by atoms with Gasteiger partial charge < -0.3 is 0 Å². The van der Waals surface area contributed by atoms with E-state index < -0.39 is 17.4 Å². The number of halogens is 3. The molecule has 4 nitrogen and oxygen atoms in total. The van der Waals surface area contributed by atoms with E-state index in [4.69, 9.17) is 0 Å². The fourth-order valence-corrected chi connectivity index (χ4v) is 4.40. The molecule has 0 saturated carbocycles. The highest BCUT2D eigenvalue weighted by Gasteiger charge is 2.33. The fraction of sp³-hybridized carbons (Fsp3) is 0.235. The molecule has 1 aliphatic rings. The SMILES string of the molecule is O=c1ncc2cc(C(F)(F)F)cc3c2n1CCC(c1ccncc1)S3. The lowest BCUT2D eigenvalue weighted by molar-refractivity contribution is -0.137. The lowest BCUT2D eigenvalue weighted by atomic mass is 10.1. The van der Waals surface area contributed by atoms with Crippen molar-refractivity contribution in [3.8, 4) is 0 Å². The third kappa shape index (κ3) is 2.90. The second kappa shape index (κ2) is 5.87. The zero-order valence-corrected chi connectivity index (χ0v) is 13.6. The highest BCUT2D eigenvalue weighted by atomic mass is 32.2. The van der Waals surface area contributed by atoms with Crippen LogP contribution in [0.15, 0.2) is 52.5 Å². The summed E-state index contributed by atoms with van der Waals surface area (Å²) < 4.78 is 41.2. The Balaban J connectivity index is 1.93. The Kier molecular flexibility index (Phi) is 3.79. The third-order valence-corrected chi connectivity index (χ3v) is 5.57. The summed E-state index contributed by atoms with van der Waals surface area (Å²) in [6.07, 6.45) is 0.698. The van der Waals surface area contributed by atoms with Crippen LogP contribution in [0.2, 0.25) is 0 Å². The first-order valence-electron chi connectivity index (χ1n) is 7.61. The van der Waals surface area contributed by atoms with Crippen molar-refractivity contribution in [1.82, 2.24) is 14.5 Å². The molecule has 1 aromatic carbocycles. The van der Waals surface area contributed by atoms with E-state index in [9.17, 15) is 18.0 Å². The highest BCUT2D eigenvalue weighted by Crippen LogP contribution is 2.45. The predicted molar refractivity (Wildman–Crippen MR) is 88.5 cm³/mol. The van der Waals surface area contributed by atoms with Gasteiger partial charge in [-0.1, -0.05) is 0 Å². The number of hydrogen-bond donors (Lipinski definition) is 0. The number of alkyl halides is 3. The number of nitrogens with zero attached hydrogens (tertiary/aromatic N) is 3. The molecule has 1 unspecified atom stereocenters. The number of pyridine rings is 1. The van der Waals surface area contributed by atoms with Crippen LogP contribution in [0.3, 0.4) is 0 Å². The summed E-state index contributed by atoms with van der Waals surface area (Å²) in [6, 6.07) is 5.87. The Morgan fingerprint density at radius 1 is 1.20 bits per heavy atom. The summed E-state index contributed by atoms with van der Waals surface area (Å²) in [6.45, 7) is 0.404. The summed E-state index contributed by atoms with van der Waals surface area (Å²) in [4.78, 5) is 20.3. The van der Waals surface area contributed by atoms with Gasteiger partial charge >= 0.3 is 11.9 Å². The standard InChI is InChI=1S/C17H12F3N3OS/c18-17(19,20)12-7-11-9-22-16(24)23-6-3-13(10-1-4-21-5-2-10)25-14(8-12)15(11)23/h1-2,4-5,7-9,13H,3,6H2. The molecule has 0 spiro atoms. The summed E-state index contributed by atoms with van der Waals surface area (Å²) in [5.74, 6) is 0. The first-order chi connectivity index (χ1) is 11.9. The molecular formula is C17H12F3N3OS. The molecular weight excluding hydrogens is 351 g/mol. The fourth-order valence-electron chi connectivity index (χ4n) is 3.04. The maximum absolute atomic E-state index is 13.2. The number of benzene rings is 1. The second-order valence-corrected chi connectivity index (χ2v) is 7.02. The van der Waals surface area contributed by atoms with Crippen molar-refractivity contribution < 1.29 is 13.2 Å². The number of thioether (sulfide) groups is 1. The van der Waals surface area contributed by atoms with E-state index in [1.54, 1.807) is 12.4 Å². The van der Waals surface area contributed by atoms with Crippen molar-refractivity contribution >= 4 is 22.7 Å². The van der Waals surface area contributed by atoms with Crippen LogP contribution in [0.4, 0.5) is 13.2 Å². The minimum absolute atomic E-state index is 0.0611. The lowest BCUT2D eigenvalue weighted by Crippen LogP contribution is -2.23. The molecule has 0 fully saturated rings. The smallest absolute Gasteiger partial charge is 0.291 e. The van der Waals surface area contributed by atoms with Crippen LogP contribution >= 0.6 is 11.8 Å². The van der Waals surface area contributed by atoms with Gasteiger partial charge in [0.05, 0.1) is 11.1 Å². The molecule has 0 amide bonds. The average molecular weight is 363 g/mol. The van der Waals surface area contributed by atoms with Crippen molar-refractivity contribution in [2.45, 2.75) is 29.3 Å². The van der Waals surface area contributed by atoms with Gasteiger partial charge in [0.2, 0.25) is 0 Å². The van der Waals surface area contributed by atoms with Gasteiger partial charge in [-0.05, 0) is 36.2 Å². The van der Waals surface area contributed by atoms with Crippen molar-refractivity contribution in [2.24, 2.45) is 0 Å². The quantitative estimate of drug-likeness (QED) is 0.655. The molecule has 25 heavy (non-hydrogen) atoms. The zero-order valence-electron chi connectivity index (χ0n) is 12.8. The molecule has 0 aliphatic carbocycles. The monoisotopic (exact) mass is 363 g/mol. The van der Waals surface area contributed by atoms with E-state index in [2.05, 4.69) is 9.97 Å². The molecule has 1 atom stereocenters. The van der Waals surface area contributed by atoms with Crippen molar-refractivity contribution in [3.05, 3.63) is 64.5 Å². The maximum atomic E-state index is 13.2. The van der Waals surface area contributed by atoms with Crippen molar-refractivity contribution in [2.75, 3.05) is 0 Å². The minimum Gasteiger partial charge on any atom is -0.291 e. The summed E-state index contributed by atoms with van der Waals surface area (Å²) in [7, 11) is 0. The molecule has 0 N–H and O–H groups in total. The normalized spacial score (nSPS) is 17.5. The van der Waals surface area contributed by atoms with Crippen LogP contribution in [-0.4, -0.2) is 14.5 Å².